The van der Waals surface area contributed by atoms with Crippen LogP contribution in [0.5, 0.6) is 5.75 Å². The molecule has 0 fully saturated rings. The molecule has 0 atom stereocenters. The first-order chi connectivity index (χ1) is 7.65. The number of methoxy groups -OCH3 is 1. The topological polar surface area (TPSA) is 95.1 Å². The summed E-state index contributed by atoms with van der Waals surface area (Å²) < 4.78 is 5.03. The number of nitrogens with one attached hydrogen (secondary N) is 1. The van der Waals surface area contributed by atoms with E-state index in [1.54, 1.807) is 6.07 Å². The Bertz CT molecular complexity index is 573. The highest BCUT2D eigenvalue weighted by atomic mass is 16.5. The van der Waals surface area contributed by atoms with Gasteiger partial charge >= 0.3 is 0 Å². The normalized spacial score (nSPS) is 10.3. The highest BCUT2D eigenvalue weighted by Crippen LogP contribution is 2.26. The van der Waals surface area contributed by atoms with Gasteiger partial charge < -0.3 is 19.6 Å². The van der Waals surface area contributed by atoms with Crippen molar-refractivity contribution in [3.63, 3.8) is 0 Å². The molecule has 0 spiro atoms. The molecule has 0 amide bonds. The van der Waals surface area contributed by atoms with Crippen molar-refractivity contribution >= 4 is 22.8 Å². The molecule has 2 heterocycles. The van der Waals surface area contributed by atoms with Crippen LogP contribution in [0.3, 0.4) is 0 Å². The lowest BCUT2D eigenvalue weighted by Crippen LogP contribution is -2.31. The number of carboxylic acid groups (broad SMARTS) is 1. The van der Waals surface area contributed by atoms with Gasteiger partial charge in [-0.15, -0.1) is 0 Å². The van der Waals surface area contributed by atoms with Crippen LogP contribution < -0.4 is 9.84 Å². The van der Waals surface area contributed by atoms with Gasteiger partial charge in [-0.3, -0.25) is 4.79 Å². The molecule has 2 aromatic rings. The van der Waals surface area contributed by atoms with Crippen LogP contribution in [0.2, 0.25) is 0 Å². The summed E-state index contributed by atoms with van der Waals surface area (Å²) in [5.41, 5.74) is 0.379. The molecule has 1 N–H and O–H groups in total. The van der Waals surface area contributed by atoms with Gasteiger partial charge in [0, 0.05) is 12.4 Å². The van der Waals surface area contributed by atoms with Crippen molar-refractivity contribution in [3.8, 4) is 5.75 Å². The summed E-state index contributed by atoms with van der Waals surface area (Å²) >= 11 is 0. The third kappa shape index (κ3) is 1.40. The molecule has 16 heavy (non-hydrogen) atoms. The standard InChI is InChI=1S/C10H8N2O4/c1-16-6-2-3-11-9-7(6)5(4-12-9)8(13)10(14)15/h2-4H,1H3,(H,11,12)(H,14,15)/p-1. The molecule has 6 heteroatoms. The lowest BCUT2D eigenvalue weighted by Gasteiger charge is -2.03. The molecule has 0 unspecified atom stereocenters. The number of fused-ring (bicyclic) bond motifs is 1. The minimum atomic E-state index is -1.76. The fourth-order valence-corrected chi connectivity index (χ4v) is 1.49. The molecule has 0 aliphatic heterocycles. The predicted molar refractivity (Wildman–Crippen MR) is 52.0 cm³/mol. The minimum Gasteiger partial charge on any atom is -0.541 e. The van der Waals surface area contributed by atoms with Crippen molar-refractivity contribution in [1.29, 1.82) is 0 Å². The first-order valence-electron chi connectivity index (χ1n) is 4.41. The summed E-state index contributed by atoms with van der Waals surface area (Å²) in [5, 5.41) is 10.9. The SMILES string of the molecule is COc1ccnc2[nH]cc(C(=O)C(=O)[O-])c12. The number of Topliss-reactive ketones (excluding diaryl/α,β-unsaturated/α-hetero) is 1. The number of pyridine rings is 1. The lowest BCUT2D eigenvalue weighted by atomic mass is 10.1. The summed E-state index contributed by atoms with van der Waals surface area (Å²) in [6.45, 7) is 0. The average Bonchev–Trinajstić information content (AvgIpc) is 2.71. The van der Waals surface area contributed by atoms with E-state index in [9.17, 15) is 14.7 Å². The molecule has 0 aliphatic rings. The van der Waals surface area contributed by atoms with Gasteiger partial charge in [-0.2, -0.15) is 0 Å². The largest absolute Gasteiger partial charge is 0.541 e. The van der Waals surface area contributed by atoms with Gasteiger partial charge in [0.1, 0.15) is 17.4 Å². The maximum absolute atomic E-state index is 11.3. The summed E-state index contributed by atoms with van der Waals surface area (Å²) in [6, 6.07) is 1.54. The van der Waals surface area contributed by atoms with Crippen LogP contribution in [0.15, 0.2) is 18.5 Å². The van der Waals surface area contributed by atoms with Crippen LogP contribution >= 0.6 is 0 Å². The van der Waals surface area contributed by atoms with E-state index in [2.05, 4.69) is 9.97 Å². The van der Waals surface area contributed by atoms with E-state index in [-0.39, 0.29) is 5.56 Å². The van der Waals surface area contributed by atoms with E-state index in [4.69, 9.17) is 4.74 Å². The number of hydrogen-bond donors (Lipinski definition) is 1. The number of H-pyrrole nitrogens is 1. The molecule has 0 radical (unpaired) electrons. The van der Waals surface area contributed by atoms with E-state index in [0.29, 0.717) is 16.8 Å². The highest BCUT2D eigenvalue weighted by molar-refractivity contribution is 6.41. The fraction of sp³-hybridized carbons (Fsp3) is 0.100. The number of ether oxygens (including phenoxy) is 1. The van der Waals surface area contributed by atoms with Crippen molar-refractivity contribution in [1.82, 2.24) is 9.97 Å². The van der Waals surface area contributed by atoms with Gasteiger partial charge in [-0.25, -0.2) is 4.98 Å². The Morgan fingerprint density at radius 2 is 2.25 bits per heavy atom. The molecule has 2 aromatic heterocycles. The molecule has 6 nitrogen and oxygen atoms in total. The number of carbonyl (C=O) groups excluding carboxylic acids is 2. The molecule has 0 aliphatic carbocycles. The summed E-state index contributed by atoms with van der Waals surface area (Å²) in [5.74, 6) is -2.47. The van der Waals surface area contributed by atoms with Crippen molar-refractivity contribution in [3.05, 3.63) is 24.0 Å². The second kappa shape index (κ2) is 3.65. The third-order valence-corrected chi connectivity index (χ3v) is 2.19. The quantitative estimate of drug-likeness (QED) is 0.554. The van der Waals surface area contributed by atoms with E-state index in [1.807, 2.05) is 0 Å². The summed E-state index contributed by atoms with van der Waals surface area (Å²) in [7, 11) is 1.43. The Hall–Kier alpha value is -2.37. The van der Waals surface area contributed by atoms with Crippen molar-refractivity contribution in [2.45, 2.75) is 0 Å². The molecule has 2 rings (SSSR count). The van der Waals surface area contributed by atoms with Crippen LogP contribution in [0.4, 0.5) is 0 Å². The van der Waals surface area contributed by atoms with Crippen molar-refractivity contribution < 1.29 is 19.4 Å². The van der Waals surface area contributed by atoms with Gasteiger partial charge in [-0.1, -0.05) is 0 Å². The zero-order valence-electron chi connectivity index (χ0n) is 8.31. The summed E-state index contributed by atoms with van der Waals surface area (Å²) in [6.07, 6.45) is 2.77. The number of ketones is 1. The Morgan fingerprint density at radius 1 is 1.50 bits per heavy atom. The molecule has 0 bridgehead atoms. The molecule has 82 valence electrons. The Labute approximate surface area is 89.9 Å². The van der Waals surface area contributed by atoms with Crippen molar-refractivity contribution in [2.75, 3.05) is 7.11 Å². The van der Waals surface area contributed by atoms with E-state index < -0.39 is 11.8 Å². The van der Waals surface area contributed by atoms with E-state index in [1.165, 1.54) is 19.5 Å². The molecule has 0 saturated carbocycles. The zero-order valence-corrected chi connectivity index (χ0v) is 8.31. The number of aromatic amines is 1. The number of aliphatic carboxylic acids is 1. The Kier molecular flexibility index (Phi) is 2.32. The Morgan fingerprint density at radius 3 is 2.88 bits per heavy atom. The lowest BCUT2D eigenvalue weighted by molar-refractivity contribution is -0.296. The summed E-state index contributed by atoms with van der Waals surface area (Å²) in [4.78, 5) is 28.5. The highest BCUT2D eigenvalue weighted by Gasteiger charge is 2.16. The third-order valence-electron chi connectivity index (χ3n) is 2.19. The minimum absolute atomic E-state index is 0.0139. The van der Waals surface area contributed by atoms with E-state index >= 15 is 0 Å². The van der Waals surface area contributed by atoms with E-state index in [0.717, 1.165) is 0 Å². The van der Waals surface area contributed by atoms with Gasteiger partial charge in [-0.05, 0) is 6.07 Å². The van der Waals surface area contributed by atoms with Crippen LogP contribution in [0, 0.1) is 0 Å². The molecule has 0 aromatic carbocycles. The maximum atomic E-state index is 11.3. The maximum Gasteiger partial charge on any atom is 0.210 e. The van der Waals surface area contributed by atoms with Gasteiger partial charge in [0.25, 0.3) is 0 Å². The van der Waals surface area contributed by atoms with Gasteiger partial charge in [0.2, 0.25) is 5.78 Å². The molecular weight excluding hydrogens is 212 g/mol. The van der Waals surface area contributed by atoms with Crippen LogP contribution in [0.25, 0.3) is 11.0 Å². The second-order valence-corrected chi connectivity index (χ2v) is 3.06. The second-order valence-electron chi connectivity index (χ2n) is 3.06. The number of aromatic nitrogens is 2. The number of hydrogen-bond acceptors (Lipinski definition) is 5. The molecular formula is C10H7N2O4-. The van der Waals surface area contributed by atoms with Crippen molar-refractivity contribution in [2.24, 2.45) is 0 Å². The van der Waals surface area contributed by atoms with Crippen LogP contribution in [-0.2, 0) is 4.79 Å². The van der Waals surface area contributed by atoms with Crippen LogP contribution in [-0.4, -0.2) is 28.8 Å². The number of rotatable bonds is 3. The number of nitrogens with zero attached hydrogens (tertiary/aromatic N) is 1. The number of carbonyl (C=O) groups is 2. The Balaban J connectivity index is 2.72. The van der Waals surface area contributed by atoms with Crippen LogP contribution in [0.1, 0.15) is 10.4 Å². The monoisotopic (exact) mass is 219 g/mol. The zero-order chi connectivity index (χ0) is 11.7. The fourth-order valence-electron chi connectivity index (χ4n) is 1.49. The number of carboxylic acids is 1. The smallest absolute Gasteiger partial charge is 0.210 e. The first-order valence-corrected chi connectivity index (χ1v) is 4.41. The predicted octanol–water partition coefficient (Wildman–Crippen LogP) is -0.496. The first kappa shape index (κ1) is 10.2. The van der Waals surface area contributed by atoms with Gasteiger partial charge in [0.05, 0.1) is 18.1 Å². The van der Waals surface area contributed by atoms with Gasteiger partial charge in [0.15, 0.2) is 0 Å². The average molecular weight is 219 g/mol. The molecule has 0 saturated heterocycles.